The monoisotopic (exact) mass is 125 g/mol. The van der Waals surface area contributed by atoms with E-state index in [-0.39, 0.29) is 0 Å². The van der Waals surface area contributed by atoms with Crippen LogP contribution in [0.15, 0.2) is 12.8 Å². The summed E-state index contributed by atoms with van der Waals surface area (Å²) >= 11 is 0. The average Bonchev–Trinajstić information content (AvgIpc) is 1.67. The van der Waals surface area contributed by atoms with Crippen LogP contribution < -0.4 is 5.32 Å². The van der Waals surface area contributed by atoms with Gasteiger partial charge in [0.15, 0.2) is 0 Å². The van der Waals surface area contributed by atoms with Gasteiger partial charge in [0.2, 0.25) is 6.30 Å². The highest BCUT2D eigenvalue weighted by atomic mass is 19.3. The van der Waals surface area contributed by atoms with Crippen LogP contribution in [0.3, 0.4) is 0 Å². The third-order valence-electron chi connectivity index (χ3n) is 0.498. The van der Waals surface area contributed by atoms with Crippen molar-refractivity contribution in [3.05, 3.63) is 12.8 Å². The molecular formula is C4H6F3N. The first-order valence-electron chi connectivity index (χ1n) is 1.97. The van der Waals surface area contributed by atoms with Crippen molar-refractivity contribution in [2.24, 2.45) is 0 Å². The molecular weight excluding hydrogens is 119 g/mol. The fourth-order valence-electron chi connectivity index (χ4n) is 0.185. The van der Waals surface area contributed by atoms with Crippen molar-refractivity contribution in [1.29, 1.82) is 0 Å². The molecule has 0 fully saturated rings. The van der Waals surface area contributed by atoms with Gasteiger partial charge in [-0.2, -0.15) is 0 Å². The van der Waals surface area contributed by atoms with E-state index in [4.69, 9.17) is 0 Å². The van der Waals surface area contributed by atoms with E-state index in [2.05, 4.69) is 6.58 Å². The Hall–Kier alpha value is -0.670. The van der Waals surface area contributed by atoms with Crippen LogP contribution in [-0.4, -0.2) is 12.7 Å². The maximum atomic E-state index is 11.6. The second kappa shape index (κ2) is 3.35. The van der Waals surface area contributed by atoms with Gasteiger partial charge in [-0.1, -0.05) is 6.58 Å². The topological polar surface area (TPSA) is 12.0 Å². The maximum Gasteiger partial charge on any atom is 0.287 e. The van der Waals surface area contributed by atoms with Crippen LogP contribution in [0.2, 0.25) is 0 Å². The van der Waals surface area contributed by atoms with Crippen molar-refractivity contribution < 1.29 is 13.2 Å². The molecule has 48 valence electrons. The molecule has 0 amide bonds. The van der Waals surface area contributed by atoms with E-state index in [1.807, 2.05) is 0 Å². The van der Waals surface area contributed by atoms with Gasteiger partial charge in [0, 0.05) is 0 Å². The molecule has 0 aromatic heterocycles. The summed E-state index contributed by atoms with van der Waals surface area (Å²) in [5.41, 5.74) is 0. The van der Waals surface area contributed by atoms with Crippen molar-refractivity contribution in [3.63, 3.8) is 0 Å². The SMILES string of the molecule is C=CNC(F)C(F)F. The first-order chi connectivity index (χ1) is 3.68. The van der Waals surface area contributed by atoms with Gasteiger partial charge in [0.25, 0.3) is 6.43 Å². The number of hydrogen-bond acceptors (Lipinski definition) is 1. The molecule has 0 spiro atoms. The van der Waals surface area contributed by atoms with E-state index < -0.39 is 12.7 Å². The molecule has 0 saturated carbocycles. The van der Waals surface area contributed by atoms with E-state index in [1.54, 1.807) is 5.32 Å². The summed E-state index contributed by atoms with van der Waals surface area (Å²) < 4.78 is 33.9. The average molecular weight is 125 g/mol. The van der Waals surface area contributed by atoms with Gasteiger partial charge in [-0.05, 0) is 6.20 Å². The minimum Gasteiger partial charge on any atom is -0.358 e. The molecule has 8 heavy (non-hydrogen) atoms. The maximum absolute atomic E-state index is 11.6. The zero-order chi connectivity index (χ0) is 6.57. The zero-order valence-electron chi connectivity index (χ0n) is 4.07. The van der Waals surface area contributed by atoms with E-state index in [1.165, 1.54) is 0 Å². The minimum absolute atomic E-state index is 0.886. The van der Waals surface area contributed by atoms with Crippen molar-refractivity contribution in [1.82, 2.24) is 5.32 Å². The molecule has 0 heterocycles. The Morgan fingerprint density at radius 3 is 2.00 bits per heavy atom. The highest BCUT2D eigenvalue weighted by molar-refractivity contribution is 4.67. The van der Waals surface area contributed by atoms with Crippen LogP contribution in [0.4, 0.5) is 13.2 Å². The minimum atomic E-state index is -2.98. The van der Waals surface area contributed by atoms with Gasteiger partial charge in [-0.15, -0.1) is 0 Å². The standard InChI is InChI=1S/C4H6F3N/c1-2-8-4(7)3(5)6/h2-4,8H,1H2. The number of rotatable bonds is 3. The molecule has 0 rings (SSSR count). The molecule has 0 bridgehead atoms. The molecule has 0 aliphatic rings. The van der Waals surface area contributed by atoms with Crippen molar-refractivity contribution in [3.8, 4) is 0 Å². The molecule has 0 saturated heterocycles. The predicted octanol–water partition coefficient (Wildman–Crippen LogP) is 1.28. The lowest BCUT2D eigenvalue weighted by molar-refractivity contribution is 0.0388. The first-order valence-corrected chi connectivity index (χ1v) is 1.97. The summed E-state index contributed by atoms with van der Waals surface area (Å²) in [7, 11) is 0. The van der Waals surface area contributed by atoms with Gasteiger partial charge in [-0.25, -0.2) is 13.2 Å². The normalized spacial score (nSPS) is 13.5. The third-order valence-corrected chi connectivity index (χ3v) is 0.498. The van der Waals surface area contributed by atoms with E-state index in [0.717, 1.165) is 6.20 Å². The Balaban J connectivity index is 3.30. The van der Waals surface area contributed by atoms with Crippen LogP contribution in [0, 0.1) is 0 Å². The molecule has 0 radical (unpaired) electrons. The number of halogens is 3. The zero-order valence-corrected chi connectivity index (χ0v) is 4.07. The molecule has 0 aromatic carbocycles. The molecule has 0 aliphatic carbocycles. The quantitative estimate of drug-likeness (QED) is 0.560. The lowest BCUT2D eigenvalue weighted by Crippen LogP contribution is -2.26. The first kappa shape index (κ1) is 7.33. The van der Waals surface area contributed by atoms with Gasteiger partial charge in [-0.3, -0.25) is 0 Å². The Bertz CT molecular complexity index is 73.7. The van der Waals surface area contributed by atoms with Crippen molar-refractivity contribution >= 4 is 0 Å². The Labute approximate surface area is 45.2 Å². The Kier molecular flexibility index (Phi) is 3.07. The molecule has 1 N–H and O–H groups in total. The summed E-state index contributed by atoms with van der Waals surface area (Å²) in [6.45, 7) is 3.00. The van der Waals surface area contributed by atoms with Crippen LogP contribution in [0.1, 0.15) is 0 Å². The van der Waals surface area contributed by atoms with Gasteiger partial charge >= 0.3 is 0 Å². The second-order valence-corrected chi connectivity index (χ2v) is 1.11. The van der Waals surface area contributed by atoms with Crippen molar-refractivity contribution in [2.75, 3.05) is 0 Å². The fourth-order valence-corrected chi connectivity index (χ4v) is 0.185. The second-order valence-electron chi connectivity index (χ2n) is 1.11. The van der Waals surface area contributed by atoms with Crippen LogP contribution >= 0.6 is 0 Å². The lowest BCUT2D eigenvalue weighted by Gasteiger charge is -2.03. The highest BCUT2D eigenvalue weighted by Crippen LogP contribution is 2.00. The van der Waals surface area contributed by atoms with Crippen LogP contribution in [0.5, 0.6) is 0 Å². The summed E-state index contributed by atoms with van der Waals surface area (Å²) in [5, 5.41) is 1.69. The van der Waals surface area contributed by atoms with Gasteiger partial charge in [0.05, 0.1) is 0 Å². The molecule has 4 heteroatoms. The van der Waals surface area contributed by atoms with Crippen LogP contribution in [0.25, 0.3) is 0 Å². The van der Waals surface area contributed by atoms with Crippen LogP contribution in [-0.2, 0) is 0 Å². The molecule has 1 unspecified atom stereocenters. The van der Waals surface area contributed by atoms with E-state index >= 15 is 0 Å². The van der Waals surface area contributed by atoms with Gasteiger partial charge < -0.3 is 5.32 Å². The molecule has 1 nitrogen and oxygen atoms in total. The molecule has 1 atom stereocenters. The molecule has 0 aromatic rings. The third kappa shape index (κ3) is 2.49. The lowest BCUT2D eigenvalue weighted by atomic mass is 10.6. The Morgan fingerprint density at radius 1 is 1.38 bits per heavy atom. The smallest absolute Gasteiger partial charge is 0.287 e. The summed E-state index contributed by atoms with van der Waals surface area (Å²) in [6, 6.07) is 0. The summed E-state index contributed by atoms with van der Waals surface area (Å²) in [5.74, 6) is 0. The predicted molar refractivity (Wildman–Crippen MR) is 24.2 cm³/mol. The highest BCUT2D eigenvalue weighted by Gasteiger charge is 2.15. The van der Waals surface area contributed by atoms with Gasteiger partial charge in [0.1, 0.15) is 0 Å². The van der Waals surface area contributed by atoms with E-state index in [9.17, 15) is 13.2 Å². The Morgan fingerprint density at radius 2 is 1.88 bits per heavy atom. The summed E-state index contributed by atoms with van der Waals surface area (Å²) in [4.78, 5) is 0. The summed E-state index contributed by atoms with van der Waals surface area (Å²) in [6.07, 6.45) is -4.38. The van der Waals surface area contributed by atoms with Crippen molar-refractivity contribution in [2.45, 2.75) is 12.7 Å². The fraction of sp³-hybridized carbons (Fsp3) is 0.500. The van der Waals surface area contributed by atoms with E-state index in [0.29, 0.717) is 0 Å². The number of alkyl halides is 3. The number of nitrogens with one attached hydrogen (secondary N) is 1. The molecule has 0 aliphatic heterocycles. The number of hydrogen-bond donors (Lipinski definition) is 1. The largest absolute Gasteiger partial charge is 0.358 e.